The van der Waals surface area contributed by atoms with E-state index in [1.165, 1.54) is 0 Å². The Balaban J connectivity index is 2.83. The number of rotatable bonds is 1. The third-order valence-corrected chi connectivity index (χ3v) is 2.37. The summed E-state index contributed by atoms with van der Waals surface area (Å²) in [5, 5.41) is 8.62. The summed E-state index contributed by atoms with van der Waals surface area (Å²) in [6.07, 6.45) is -4.96. The lowest BCUT2D eigenvalue weighted by molar-refractivity contribution is -0.203. The van der Waals surface area contributed by atoms with Gasteiger partial charge in [0, 0.05) is 6.54 Å². The van der Waals surface area contributed by atoms with Gasteiger partial charge in [-0.1, -0.05) is 0 Å². The lowest BCUT2D eigenvalue weighted by atomic mass is 9.86. The lowest BCUT2D eigenvalue weighted by Crippen LogP contribution is -2.67. The molecule has 1 N–H and O–H groups in total. The van der Waals surface area contributed by atoms with Gasteiger partial charge >= 0.3 is 18.1 Å². The van der Waals surface area contributed by atoms with Crippen LogP contribution in [0.15, 0.2) is 0 Å². The Bertz CT molecular complexity index is 288. The summed E-state index contributed by atoms with van der Waals surface area (Å²) in [6.45, 7) is 0.934. The van der Waals surface area contributed by atoms with Crippen molar-refractivity contribution in [3.63, 3.8) is 0 Å². The number of carbonyl (C=O) groups excluding carboxylic acids is 1. The molecule has 1 atom stereocenters. The van der Waals surface area contributed by atoms with Gasteiger partial charge in [-0.05, 0) is 13.3 Å². The van der Waals surface area contributed by atoms with E-state index >= 15 is 0 Å². The van der Waals surface area contributed by atoms with Crippen molar-refractivity contribution in [1.29, 1.82) is 0 Å². The third kappa shape index (κ3) is 1.42. The van der Waals surface area contributed by atoms with Gasteiger partial charge in [-0.3, -0.25) is 4.79 Å². The maximum Gasteiger partial charge on any atom is 0.471 e. The highest BCUT2D eigenvalue weighted by atomic mass is 19.4. The van der Waals surface area contributed by atoms with Gasteiger partial charge in [0.2, 0.25) is 0 Å². The fourth-order valence-electron chi connectivity index (χ4n) is 1.26. The molecule has 4 nitrogen and oxygen atoms in total. The number of carboxylic acid groups (broad SMARTS) is 1. The second kappa shape index (κ2) is 2.86. The van der Waals surface area contributed by atoms with Crippen molar-refractivity contribution in [1.82, 2.24) is 4.90 Å². The first kappa shape index (κ1) is 10.8. The van der Waals surface area contributed by atoms with Crippen molar-refractivity contribution in [2.75, 3.05) is 6.54 Å². The quantitative estimate of drug-likeness (QED) is 0.691. The van der Waals surface area contributed by atoms with Crippen molar-refractivity contribution in [3.05, 3.63) is 0 Å². The number of amides is 1. The zero-order chi connectivity index (χ0) is 11.1. The van der Waals surface area contributed by atoms with E-state index < -0.39 is 23.6 Å². The van der Waals surface area contributed by atoms with Crippen molar-refractivity contribution in [2.24, 2.45) is 0 Å². The molecule has 7 heteroatoms. The first-order chi connectivity index (χ1) is 6.19. The first-order valence-electron chi connectivity index (χ1n) is 3.82. The summed E-state index contributed by atoms with van der Waals surface area (Å²) < 4.78 is 35.8. The van der Waals surface area contributed by atoms with Crippen LogP contribution in [0.25, 0.3) is 0 Å². The van der Waals surface area contributed by atoms with Gasteiger partial charge in [0.15, 0.2) is 0 Å². The Hall–Kier alpha value is -1.27. The van der Waals surface area contributed by atoms with Crippen LogP contribution in [-0.2, 0) is 9.59 Å². The Morgan fingerprint density at radius 1 is 1.43 bits per heavy atom. The largest absolute Gasteiger partial charge is 0.480 e. The average molecular weight is 211 g/mol. The Morgan fingerprint density at radius 3 is 2.14 bits per heavy atom. The molecule has 0 aliphatic carbocycles. The van der Waals surface area contributed by atoms with Crippen LogP contribution in [0.4, 0.5) is 13.2 Å². The number of carbonyl (C=O) groups is 2. The average Bonchev–Trinajstić information content (AvgIpc) is 1.98. The second-order valence-electron chi connectivity index (χ2n) is 3.28. The normalized spacial score (nSPS) is 27.0. The van der Waals surface area contributed by atoms with Crippen LogP contribution >= 0.6 is 0 Å². The Morgan fingerprint density at radius 2 is 1.93 bits per heavy atom. The molecule has 1 amide bonds. The minimum Gasteiger partial charge on any atom is -0.480 e. The summed E-state index contributed by atoms with van der Waals surface area (Å²) in [6, 6.07) is 0. The van der Waals surface area contributed by atoms with Gasteiger partial charge < -0.3 is 10.0 Å². The molecule has 1 heterocycles. The molecule has 0 aromatic rings. The van der Waals surface area contributed by atoms with Crippen LogP contribution in [-0.4, -0.2) is 40.1 Å². The predicted molar refractivity (Wildman–Crippen MR) is 38.4 cm³/mol. The zero-order valence-electron chi connectivity index (χ0n) is 7.26. The smallest absolute Gasteiger partial charge is 0.471 e. The standard InChI is InChI=1S/C7H8F3NO3/c1-6(5(13)14)2-3-11(6)4(12)7(8,9)10/h2-3H2,1H3,(H,13,14). The van der Waals surface area contributed by atoms with E-state index in [1.807, 2.05) is 0 Å². The minimum absolute atomic E-state index is 0.0458. The van der Waals surface area contributed by atoms with E-state index in [0.29, 0.717) is 4.90 Å². The molecule has 14 heavy (non-hydrogen) atoms. The summed E-state index contributed by atoms with van der Waals surface area (Å²) in [5.41, 5.74) is -1.70. The van der Waals surface area contributed by atoms with Gasteiger partial charge in [0.1, 0.15) is 5.54 Å². The molecule has 0 spiro atoms. The van der Waals surface area contributed by atoms with Gasteiger partial charge in [0.25, 0.3) is 0 Å². The van der Waals surface area contributed by atoms with Crippen LogP contribution in [0.1, 0.15) is 13.3 Å². The van der Waals surface area contributed by atoms with E-state index in [-0.39, 0.29) is 13.0 Å². The SMILES string of the molecule is CC1(C(=O)O)CCN1C(=O)C(F)(F)F. The summed E-state index contributed by atoms with van der Waals surface area (Å²) in [7, 11) is 0. The molecule has 1 rings (SSSR count). The molecule has 0 aromatic carbocycles. The van der Waals surface area contributed by atoms with Crippen molar-refractivity contribution < 1.29 is 27.9 Å². The number of likely N-dealkylation sites (tertiary alicyclic amines) is 1. The number of alkyl halides is 3. The number of carboxylic acids is 1. The molecule has 0 radical (unpaired) electrons. The van der Waals surface area contributed by atoms with Crippen LogP contribution in [0.2, 0.25) is 0 Å². The van der Waals surface area contributed by atoms with Crippen molar-refractivity contribution in [2.45, 2.75) is 25.1 Å². The molecule has 0 saturated carbocycles. The molecule has 1 unspecified atom stereocenters. The predicted octanol–water partition coefficient (Wildman–Crippen LogP) is 0.624. The van der Waals surface area contributed by atoms with Gasteiger partial charge in [0.05, 0.1) is 0 Å². The number of nitrogens with zero attached hydrogens (tertiary/aromatic N) is 1. The number of hydrogen-bond acceptors (Lipinski definition) is 2. The van der Waals surface area contributed by atoms with Crippen LogP contribution in [0.3, 0.4) is 0 Å². The third-order valence-electron chi connectivity index (χ3n) is 2.37. The fourth-order valence-corrected chi connectivity index (χ4v) is 1.26. The van der Waals surface area contributed by atoms with Crippen LogP contribution in [0.5, 0.6) is 0 Å². The molecule has 80 valence electrons. The van der Waals surface area contributed by atoms with Gasteiger partial charge in [-0.15, -0.1) is 0 Å². The molecule has 1 aliphatic heterocycles. The molecule has 0 aromatic heterocycles. The first-order valence-corrected chi connectivity index (χ1v) is 3.82. The monoisotopic (exact) mass is 211 g/mol. The maximum absolute atomic E-state index is 11.9. The highest BCUT2D eigenvalue weighted by Gasteiger charge is 2.56. The van der Waals surface area contributed by atoms with E-state index in [0.717, 1.165) is 6.92 Å². The summed E-state index contributed by atoms with van der Waals surface area (Å²) >= 11 is 0. The molecule has 1 saturated heterocycles. The minimum atomic E-state index is -5.00. The van der Waals surface area contributed by atoms with Gasteiger partial charge in [-0.25, -0.2) is 4.79 Å². The molecule has 0 bridgehead atoms. The van der Waals surface area contributed by atoms with Crippen LogP contribution in [0, 0.1) is 0 Å². The lowest BCUT2D eigenvalue weighted by Gasteiger charge is -2.47. The maximum atomic E-state index is 11.9. The fraction of sp³-hybridized carbons (Fsp3) is 0.714. The highest BCUT2D eigenvalue weighted by Crippen LogP contribution is 2.34. The number of halogens is 3. The number of aliphatic carboxylic acids is 1. The molecule has 1 aliphatic rings. The van der Waals surface area contributed by atoms with E-state index in [9.17, 15) is 22.8 Å². The zero-order valence-corrected chi connectivity index (χ0v) is 7.26. The van der Waals surface area contributed by atoms with Gasteiger partial charge in [-0.2, -0.15) is 13.2 Å². The van der Waals surface area contributed by atoms with Crippen molar-refractivity contribution >= 4 is 11.9 Å². The highest BCUT2D eigenvalue weighted by molar-refractivity contribution is 5.91. The van der Waals surface area contributed by atoms with E-state index in [2.05, 4.69) is 0 Å². The van der Waals surface area contributed by atoms with Crippen molar-refractivity contribution in [3.8, 4) is 0 Å². The van der Waals surface area contributed by atoms with Crippen LogP contribution < -0.4 is 0 Å². The topological polar surface area (TPSA) is 57.6 Å². The second-order valence-corrected chi connectivity index (χ2v) is 3.28. The van der Waals surface area contributed by atoms with E-state index in [1.54, 1.807) is 0 Å². The van der Waals surface area contributed by atoms with E-state index in [4.69, 9.17) is 5.11 Å². The Labute approximate surface area is 77.3 Å². The molecule has 1 fully saturated rings. The molecular formula is C7H8F3NO3. The summed E-state index contributed by atoms with van der Waals surface area (Å²) in [5.74, 6) is -3.50. The Kier molecular flexibility index (Phi) is 2.21. The summed E-state index contributed by atoms with van der Waals surface area (Å²) in [4.78, 5) is 21.6. The number of hydrogen-bond donors (Lipinski definition) is 1. The molecular weight excluding hydrogens is 203 g/mol.